The summed E-state index contributed by atoms with van der Waals surface area (Å²) < 4.78 is 10.4. The highest BCUT2D eigenvalue weighted by molar-refractivity contribution is 7.14. The fraction of sp³-hybridized carbons (Fsp3) is 0.235. The van der Waals surface area contributed by atoms with Gasteiger partial charge in [0.05, 0.1) is 5.56 Å². The van der Waals surface area contributed by atoms with Crippen molar-refractivity contribution in [2.75, 3.05) is 11.9 Å². The first-order valence-electron chi connectivity index (χ1n) is 7.44. The molecule has 0 aliphatic heterocycles. The molecule has 0 saturated carbocycles. The molecule has 0 fully saturated rings. The Morgan fingerprint density at radius 1 is 1.20 bits per heavy atom. The maximum absolute atomic E-state index is 11.9. The molecule has 0 unspecified atom stereocenters. The fourth-order valence-electron chi connectivity index (χ4n) is 1.89. The van der Waals surface area contributed by atoms with Crippen LogP contribution in [0.1, 0.15) is 22.8 Å². The smallest absolute Gasteiger partial charge is 0.347 e. The summed E-state index contributed by atoms with van der Waals surface area (Å²) in [5.41, 5.74) is 6.48. The minimum atomic E-state index is -0.863. The lowest BCUT2D eigenvalue weighted by Crippen LogP contribution is -2.30. The number of aryl methyl sites for hydroxylation is 1. The zero-order chi connectivity index (χ0) is 18.4. The first kappa shape index (κ1) is 18.5. The van der Waals surface area contributed by atoms with Crippen molar-refractivity contribution in [1.82, 2.24) is 0 Å². The maximum atomic E-state index is 11.9. The summed E-state index contributed by atoms with van der Waals surface area (Å²) in [7, 11) is 0. The normalized spacial score (nSPS) is 11.4. The molecule has 0 saturated heterocycles. The van der Waals surface area contributed by atoms with Gasteiger partial charge < -0.3 is 20.5 Å². The number of benzene rings is 1. The Balaban J connectivity index is 1.82. The molecule has 1 atom stereocenters. The lowest BCUT2D eigenvalue weighted by Gasteiger charge is -2.14. The summed E-state index contributed by atoms with van der Waals surface area (Å²) in [5, 5.41) is 4.42. The number of nitrogens with one attached hydrogen (secondary N) is 1. The predicted octanol–water partition coefficient (Wildman–Crippen LogP) is 2.10. The molecular weight excluding hydrogens is 344 g/mol. The molecule has 2 amide bonds. The molecule has 0 bridgehead atoms. The standard InChI is InChI=1S/C17H18N2O5S/c1-10-3-5-12(6-4-10)24-11(2)17(22)23-9-14(20)19-16-13(15(18)21)7-8-25-16/h3-8,11H,9H2,1-2H3,(H2,18,21)(H,19,20)/t11-/m0/s1. The zero-order valence-corrected chi connectivity index (χ0v) is 14.6. The van der Waals surface area contributed by atoms with E-state index in [2.05, 4.69) is 5.32 Å². The van der Waals surface area contributed by atoms with Crippen molar-refractivity contribution in [2.24, 2.45) is 5.73 Å². The van der Waals surface area contributed by atoms with E-state index in [1.165, 1.54) is 13.0 Å². The Morgan fingerprint density at radius 2 is 1.88 bits per heavy atom. The van der Waals surface area contributed by atoms with Gasteiger partial charge in [-0.25, -0.2) is 4.79 Å². The van der Waals surface area contributed by atoms with Gasteiger partial charge in [0.25, 0.3) is 11.8 Å². The van der Waals surface area contributed by atoms with E-state index >= 15 is 0 Å². The van der Waals surface area contributed by atoms with Gasteiger partial charge in [-0.3, -0.25) is 9.59 Å². The largest absolute Gasteiger partial charge is 0.479 e. The van der Waals surface area contributed by atoms with Gasteiger partial charge in [0.2, 0.25) is 0 Å². The number of hydrogen-bond donors (Lipinski definition) is 2. The van der Waals surface area contributed by atoms with E-state index in [0.29, 0.717) is 10.8 Å². The van der Waals surface area contributed by atoms with Gasteiger partial charge in [-0.1, -0.05) is 17.7 Å². The van der Waals surface area contributed by atoms with E-state index in [9.17, 15) is 14.4 Å². The molecule has 0 radical (unpaired) electrons. The molecule has 132 valence electrons. The van der Waals surface area contributed by atoms with Crippen LogP contribution in [-0.4, -0.2) is 30.5 Å². The number of carbonyl (C=O) groups excluding carboxylic acids is 3. The average molecular weight is 362 g/mol. The van der Waals surface area contributed by atoms with Gasteiger partial charge >= 0.3 is 5.97 Å². The van der Waals surface area contributed by atoms with Gasteiger partial charge in [0, 0.05) is 0 Å². The van der Waals surface area contributed by atoms with Crippen LogP contribution in [0.15, 0.2) is 35.7 Å². The number of carbonyl (C=O) groups is 3. The second-order valence-corrected chi connectivity index (χ2v) is 6.17. The molecule has 2 rings (SSSR count). The van der Waals surface area contributed by atoms with Crippen LogP contribution in [0.2, 0.25) is 0 Å². The lowest BCUT2D eigenvalue weighted by molar-refractivity contribution is -0.153. The van der Waals surface area contributed by atoms with Crippen molar-refractivity contribution in [3.8, 4) is 5.75 Å². The molecule has 25 heavy (non-hydrogen) atoms. The molecule has 3 N–H and O–H groups in total. The third-order valence-electron chi connectivity index (χ3n) is 3.19. The third kappa shape index (κ3) is 5.32. The molecule has 0 spiro atoms. The van der Waals surface area contributed by atoms with Crippen LogP contribution in [-0.2, 0) is 14.3 Å². The molecule has 7 nitrogen and oxygen atoms in total. The van der Waals surface area contributed by atoms with Crippen molar-refractivity contribution in [3.63, 3.8) is 0 Å². The summed E-state index contributed by atoms with van der Waals surface area (Å²) in [6.07, 6.45) is -0.863. The molecule has 0 aliphatic rings. The molecule has 0 aliphatic carbocycles. The fourth-order valence-corrected chi connectivity index (χ4v) is 2.69. The number of anilines is 1. The average Bonchev–Trinajstić information content (AvgIpc) is 3.03. The Kier molecular flexibility index (Phi) is 6.13. The first-order valence-corrected chi connectivity index (χ1v) is 8.32. The molecular formula is C17H18N2O5S. The minimum Gasteiger partial charge on any atom is -0.479 e. The minimum absolute atomic E-state index is 0.209. The first-order chi connectivity index (χ1) is 11.9. The number of rotatable bonds is 7. The van der Waals surface area contributed by atoms with E-state index in [-0.39, 0.29) is 5.56 Å². The number of amides is 2. The van der Waals surface area contributed by atoms with Crippen LogP contribution < -0.4 is 15.8 Å². The zero-order valence-electron chi connectivity index (χ0n) is 13.8. The van der Waals surface area contributed by atoms with Crippen LogP contribution >= 0.6 is 11.3 Å². The van der Waals surface area contributed by atoms with Crippen molar-refractivity contribution in [1.29, 1.82) is 0 Å². The summed E-state index contributed by atoms with van der Waals surface area (Å²) in [6, 6.07) is 8.71. The van der Waals surface area contributed by atoms with Gasteiger partial charge in [-0.05, 0) is 37.4 Å². The van der Waals surface area contributed by atoms with Crippen LogP contribution in [0.4, 0.5) is 5.00 Å². The second kappa shape index (κ2) is 8.29. The van der Waals surface area contributed by atoms with Crippen LogP contribution in [0.5, 0.6) is 5.75 Å². The Morgan fingerprint density at radius 3 is 2.52 bits per heavy atom. The SMILES string of the molecule is Cc1ccc(O[C@@H](C)C(=O)OCC(=O)Nc2sccc2C(N)=O)cc1. The van der Waals surface area contributed by atoms with E-state index in [4.69, 9.17) is 15.2 Å². The summed E-state index contributed by atoms with van der Waals surface area (Å²) >= 11 is 1.15. The number of hydrogen-bond acceptors (Lipinski definition) is 6. The number of esters is 1. The van der Waals surface area contributed by atoms with Crippen LogP contribution in [0.25, 0.3) is 0 Å². The molecule has 1 aromatic carbocycles. The summed E-state index contributed by atoms with van der Waals surface area (Å²) in [5.74, 6) is -1.35. The van der Waals surface area contributed by atoms with E-state index in [1.807, 2.05) is 19.1 Å². The van der Waals surface area contributed by atoms with Crippen molar-refractivity contribution in [3.05, 3.63) is 46.8 Å². The summed E-state index contributed by atoms with van der Waals surface area (Å²) in [6.45, 7) is 2.98. The van der Waals surface area contributed by atoms with E-state index in [1.54, 1.807) is 17.5 Å². The third-order valence-corrected chi connectivity index (χ3v) is 4.02. The van der Waals surface area contributed by atoms with E-state index in [0.717, 1.165) is 16.9 Å². The van der Waals surface area contributed by atoms with Gasteiger partial charge in [-0.15, -0.1) is 11.3 Å². The number of primary amides is 1. The molecule has 1 heterocycles. The van der Waals surface area contributed by atoms with Gasteiger partial charge in [0.15, 0.2) is 12.7 Å². The number of thiophene rings is 1. The van der Waals surface area contributed by atoms with E-state index < -0.39 is 30.5 Å². The predicted molar refractivity (Wildman–Crippen MR) is 93.7 cm³/mol. The van der Waals surface area contributed by atoms with Crippen molar-refractivity contribution >= 4 is 34.1 Å². The Labute approximate surface area is 148 Å². The summed E-state index contributed by atoms with van der Waals surface area (Å²) in [4.78, 5) is 34.9. The van der Waals surface area contributed by atoms with Crippen LogP contribution in [0.3, 0.4) is 0 Å². The monoisotopic (exact) mass is 362 g/mol. The molecule has 8 heteroatoms. The highest BCUT2D eigenvalue weighted by Crippen LogP contribution is 2.22. The highest BCUT2D eigenvalue weighted by atomic mass is 32.1. The maximum Gasteiger partial charge on any atom is 0.347 e. The highest BCUT2D eigenvalue weighted by Gasteiger charge is 2.19. The van der Waals surface area contributed by atoms with Crippen molar-refractivity contribution in [2.45, 2.75) is 20.0 Å². The Hall–Kier alpha value is -2.87. The van der Waals surface area contributed by atoms with Crippen LogP contribution in [0, 0.1) is 6.92 Å². The lowest BCUT2D eigenvalue weighted by atomic mass is 10.2. The molecule has 2 aromatic rings. The number of nitrogens with two attached hydrogens (primary N) is 1. The second-order valence-electron chi connectivity index (χ2n) is 5.26. The Bertz CT molecular complexity index is 770. The quantitative estimate of drug-likeness (QED) is 0.734. The van der Waals surface area contributed by atoms with Crippen molar-refractivity contribution < 1.29 is 23.9 Å². The van der Waals surface area contributed by atoms with Gasteiger partial charge in [0.1, 0.15) is 10.8 Å². The topological polar surface area (TPSA) is 108 Å². The van der Waals surface area contributed by atoms with Gasteiger partial charge in [-0.2, -0.15) is 0 Å². The molecule has 1 aromatic heterocycles. The number of ether oxygens (including phenoxy) is 2.